The Labute approximate surface area is 334 Å². The van der Waals surface area contributed by atoms with Crippen LogP contribution in [0.3, 0.4) is 0 Å². The zero-order valence-electron chi connectivity index (χ0n) is 31.4. The SMILES string of the molecule is c1ccc(-c2cc(-c3ccccc3)cc(-c3c4ccccc4c(-c4cc(-c5cccc6oc7ccccc7c56)cc5oc6ccccc6c45)c4ccccc34)c2)cc1. The van der Waals surface area contributed by atoms with Crippen LogP contribution in [0.15, 0.2) is 215 Å². The van der Waals surface area contributed by atoms with Gasteiger partial charge in [-0.3, -0.25) is 0 Å². The minimum Gasteiger partial charge on any atom is -0.456 e. The molecule has 0 aliphatic carbocycles. The van der Waals surface area contributed by atoms with Crippen molar-refractivity contribution in [2.24, 2.45) is 0 Å². The van der Waals surface area contributed by atoms with Gasteiger partial charge in [0.1, 0.15) is 22.3 Å². The third kappa shape index (κ3) is 5.05. The Balaban J connectivity index is 1.20. The predicted molar refractivity (Wildman–Crippen MR) is 243 cm³/mol. The summed E-state index contributed by atoms with van der Waals surface area (Å²) in [5.74, 6) is 0. The molecule has 12 rings (SSSR count). The van der Waals surface area contributed by atoms with Crippen molar-refractivity contribution in [1.29, 1.82) is 0 Å². The van der Waals surface area contributed by atoms with Crippen LogP contribution in [0.5, 0.6) is 0 Å². The Kier molecular flexibility index (Phi) is 7.26. The standard InChI is InChI=1S/C56H34O2/c1-3-16-35(17-4-1)37-30-38(36-18-5-2-6-19-36)32-40(31-37)53-42-20-7-9-22-44(42)54(45-23-10-8-21-43(45)53)48-33-39(34-52-56(48)47-25-12-14-28-50(47)58-52)41-26-15-29-51-55(41)46-24-11-13-27-49(46)57-51/h1-34H. The molecule has 0 fully saturated rings. The van der Waals surface area contributed by atoms with E-state index in [4.69, 9.17) is 8.83 Å². The van der Waals surface area contributed by atoms with Crippen molar-refractivity contribution in [1.82, 2.24) is 0 Å². The molecule has 0 aliphatic heterocycles. The summed E-state index contributed by atoms with van der Waals surface area (Å²) in [4.78, 5) is 0. The van der Waals surface area contributed by atoms with Crippen LogP contribution in [0.4, 0.5) is 0 Å². The van der Waals surface area contributed by atoms with Gasteiger partial charge in [0, 0.05) is 21.5 Å². The third-order valence-corrected chi connectivity index (χ3v) is 11.8. The van der Waals surface area contributed by atoms with E-state index in [1.54, 1.807) is 0 Å². The van der Waals surface area contributed by atoms with Crippen molar-refractivity contribution in [2.45, 2.75) is 0 Å². The van der Waals surface area contributed by atoms with Gasteiger partial charge >= 0.3 is 0 Å². The molecule has 2 nitrogen and oxygen atoms in total. The number of fused-ring (bicyclic) bond motifs is 8. The van der Waals surface area contributed by atoms with Crippen molar-refractivity contribution in [3.63, 3.8) is 0 Å². The van der Waals surface area contributed by atoms with Gasteiger partial charge in [0.05, 0.1) is 0 Å². The van der Waals surface area contributed by atoms with Crippen LogP contribution in [0, 0.1) is 0 Å². The first-order valence-electron chi connectivity index (χ1n) is 19.8. The molecule has 2 aromatic heterocycles. The minimum absolute atomic E-state index is 0.860. The summed E-state index contributed by atoms with van der Waals surface area (Å²) in [5.41, 5.74) is 15.2. The number of hydrogen-bond donors (Lipinski definition) is 0. The van der Waals surface area contributed by atoms with Crippen LogP contribution >= 0.6 is 0 Å². The van der Waals surface area contributed by atoms with E-state index >= 15 is 0 Å². The van der Waals surface area contributed by atoms with Crippen molar-refractivity contribution in [3.8, 4) is 55.6 Å². The van der Waals surface area contributed by atoms with E-state index in [1.807, 2.05) is 12.1 Å². The average molecular weight is 739 g/mol. The van der Waals surface area contributed by atoms with Crippen LogP contribution in [0.2, 0.25) is 0 Å². The second-order valence-electron chi connectivity index (χ2n) is 15.1. The van der Waals surface area contributed by atoms with Crippen LogP contribution in [-0.4, -0.2) is 0 Å². The monoisotopic (exact) mass is 738 g/mol. The maximum atomic E-state index is 6.76. The number of benzene rings is 10. The largest absolute Gasteiger partial charge is 0.456 e. The second-order valence-corrected chi connectivity index (χ2v) is 15.1. The number of para-hydroxylation sites is 2. The van der Waals surface area contributed by atoms with Gasteiger partial charge in [-0.15, -0.1) is 0 Å². The highest BCUT2D eigenvalue weighted by atomic mass is 16.3. The number of furan rings is 2. The molecule has 0 N–H and O–H groups in total. The molecule has 0 aliphatic rings. The van der Waals surface area contributed by atoms with Gasteiger partial charge in [0.25, 0.3) is 0 Å². The lowest BCUT2D eigenvalue weighted by Gasteiger charge is -2.20. The molecule has 0 unspecified atom stereocenters. The summed E-state index contributed by atoms with van der Waals surface area (Å²) in [6, 6.07) is 74.1. The normalized spacial score (nSPS) is 11.8. The average Bonchev–Trinajstić information content (AvgIpc) is 3.87. The van der Waals surface area contributed by atoms with E-state index in [2.05, 4.69) is 194 Å². The zero-order valence-corrected chi connectivity index (χ0v) is 31.4. The van der Waals surface area contributed by atoms with Gasteiger partial charge < -0.3 is 8.83 Å². The van der Waals surface area contributed by atoms with Crippen LogP contribution in [0.25, 0.3) is 121 Å². The van der Waals surface area contributed by atoms with Crippen LogP contribution in [-0.2, 0) is 0 Å². The third-order valence-electron chi connectivity index (χ3n) is 11.8. The van der Waals surface area contributed by atoms with E-state index in [0.29, 0.717) is 0 Å². The summed E-state index contributed by atoms with van der Waals surface area (Å²) in [7, 11) is 0. The maximum absolute atomic E-state index is 6.76. The summed E-state index contributed by atoms with van der Waals surface area (Å²) in [6.45, 7) is 0. The molecule has 0 amide bonds. The predicted octanol–water partition coefficient (Wildman–Crippen LogP) is 16.1. The molecule has 12 aromatic rings. The minimum atomic E-state index is 0.860. The second kappa shape index (κ2) is 12.9. The van der Waals surface area contributed by atoms with E-state index < -0.39 is 0 Å². The maximum Gasteiger partial charge on any atom is 0.136 e. The topological polar surface area (TPSA) is 26.3 Å². The Morgan fingerprint density at radius 1 is 0.224 bits per heavy atom. The quantitative estimate of drug-likeness (QED) is 0.164. The van der Waals surface area contributed by atoms with Crippen molar-refractivity contribution < 1.29 is 8.83 Å². The molecule has 270 valence electrons. The van der Waals surface area contributed by atoms with Gasteiger partial charge in [-0.1, -0.05) is 158 Å². The fourth-order valence-electron chi connectivity index (χ4n) is 9.32. The molecule has 0 saturated carbocycles. The van der Waals surface area contributed by atoms with Crippen LogP contribution < -0.4 is 0 Å². The van der Waals surface area contributed by atoms with Gasteiger partial charge in [0.15, 0.2) is 0 Å². The Morgan fingerprint density at radius 3 is 1.22 bits per heavy atom. The first kappa shape index (κ1) is 32.6. The van der Waals surface area contributed by atoms with E-state index in [1.165, 1.54) is 60.5 Å². The molecule has 2 heterocycles. The van der Waals surface area contributed by atoms with E-state index in [-0.39, 0.29) is 0 Å². The molecule has 0 radical (unpaired) electrons. The molecule has 0 spiro atoms. The summed E-state index contributed by atoms with van der Waals surface area (Å²) in [6.07, 6.45) is 0. The fourth-order valence-corrected chi connectivity index (χ4v) is 9.32. The lowest BCUT2D eigenvalue weighted by molar-refractivity contribution is 0.668. The van der Waals surface area contributed by atoms with Gasteiger partial charge in [-0.05, 0) is 126 Å². The van der Waals surface area contributed by atoms with Gasteiger partial charge in [-0.2, -0.15) is 0 Å². The summed E-state index contributed by atoms with van der Waals surface area (Å²) in [5, 5.41) is 9.22. The zero-order chi connectivity index (χ0) is 38.2. The van der Waals surface area contributed by atoms with E-state index in [0.717, 1.165) is 60.6 Å². The molecule has 0 bridgehead atoms. The molecule has 0 atom stereocenters. The molecule has 0 saturated heterocycles. The van der Waals surface area contributed by atoms with Crippen molar-refractivity contribution >= 4 is 65.4 Å². The highest BCUT2D eigenvalue weighted by Crippen LogP contribution is 2.49. The van der Waals surface area contributed by atoms with Crippen molar-refractivity contribution in [3.05, 3.63) is 206 Å². The molecule has 10 aromatic carbocycles. The Hall–Kier alpha value is -7.68. The first-order valence-corrected chi connectivity index (χ1v) is 19.8. The highest BCUT2D eigenvalue weighted by molar-refractivity contribution is 6.26. The molecule has 58 heavy (non-hydrogen) atoms. The summed E-state index contributed by atoms with van der Waals surface area (Å²) >= 11 is 0. The Bertz CT molecular complexity index is 3440. The van der Waals surface area contributed by atoms with Crippen molar-refractivity contribution in [2.75, 3.05) is 0 Å². The molecular formula is C56H34O2. The highest BCUT2D eigenvalue weighted by Gasteiger charge is 2.23. The Morgan fingerprint density at radius 2 is 0.655 bits per heavy atom. The number of rotatable bonds is 5. The lowest BCUT2D eigenvalue weighted by atomic mass is 9.83. The molecular weight excluding hydrogens is 705 g/mol. The fraction of sp³-hybridized carbons (Fsp3) is 0. The number of hydrogen-bond acceptors (Lipinski definition) is 2. The van der Waals surface area contributed by atoms with Gasteiger partial charge in [0.2, 0.25) is 0 Å². The summed E-state index contributed by atoms with van der Waals surface area (Å²) < 4.78 is 13.1. The first-order chi connectivity index (χ1) is 28.8. The smallest absolute Gasteiger partial charge is 0.136 e. The van der Waals surface area contributed by atoms with Gasteiger partial charge in [-0.25, -0.2) is 0 Å². The van der Waals surface area contributed by atoms with Crippen LogP contribution in [0.1, 0.15) is 0 Å². The van der Waals surface area contributed by atoms with E-state index in [9.17, 15) is 0 Å². The lowest BCUT2D eigenvalue weighted by Crippen LogP contribution is -1.93. The molecule has 2 heteroatoms.